The Bertz CT molecular complexity index is 519. The van der Waals surface area contributed by atoms with E-state index in [-0.39, 0.29) is 22.5 Å². The minimum atomic E-state index is -0.122. The molecule has 0 spiro atoms. The fraction of sp³-hybridized carbons (Fsp3) is 0.529. The van der Waals surface area contributed by atoms with Crippen LogP contribution in [-0.4, -0.2) is 11.0 Å². The van der Waals surface area contributed by atoms with E-state index in [9.17, 15) is 5.11 Å². The number of hydrogen-bond acceptors (Lipinski definition) is 1. The van der Waals surface area contributed by atoms with Gasteiger partial charge in [0.1, 0.15) is 5.75 Å². The molecule has 2 heteroatoms. The quantitative estimate of drug-likeness (QED) is 0.544. The minimum absolute atomic E-state index is 0.0189. The summed E-state index contributed by atoms with van der Waals surface area (Å²) in [6.07, 6.45) is 0. The smallest absolute Gasteiger partial charge is 0.134 e. The average Bonchev–Trinajstić information content (AvgIpc) is 2.24. The molecule has 19 heavy (non-hydrogen) atoms. The van der Waals surface area contributed by atoms with Crippen LogP contribution >= 0.6 is 11.6 Å². The van der Waals surface area contributed by atoms with Crippen molar-refractivity contribution in [2.75, 3.05) is 5.88 Å². The summed E-state index contributed by atoms with van der Waals surface area (Å²) in [5.74, 6) is 6.32. The van der Waals surface area contributed by atoms with Gasteiger partial charge in [-0.3, -0.25) is 0 Å². The Labute approximate surface area is 122 Å². The number of rotatable bonds is 0. The molecule has 0 aromatic heterocycles. The van der Waals surface area contributed by atoms with Crippen LogP contribution < -0.4 is 0 Å². The van der Waals surface area contributed by atoms with Crippen molar-refractivity contribution >= 4 is 11.6 Å². The van der Waals surface area contributed by atoms with E-state index in [1.807, 2.05) is 6.07 Å². The fourth-order valence-electron chi connectivity index (χ4n) is 1.86. The fourth-order valence-corrected chi connectivity index (χ4v) is 1.93. The maximum Gasteiger partial charge on any atom is 0.134 e. The van der Waals surface area contributed by atoms with Gasteiger partial charge in [-0.2, -0.15) is 0 Å². The zero-order valence-corrected chi connectivity index (χ0v) is 13.4. The van der Waals surface area contributed by atoms with E-state index in [1.54, 1.807) is 0 Å². The number of aromatic hydroxyl groups is 1. The summed E-state index contributed by atoms with van der Waals surface area (Å²) in [5, 5.41) is 10.4. The van der Waals surface area contributed by atoms with Gasteiger partial charge >= 0.3 is 0 Å². The van der Waals surface area contributed by atoms with Crippen LogP contribution in [0.5, 0.6) is 5.75 Å². The van der Waals surface area contributed by atoms with Gasteiger partial charge in [-0.25, -0.2) is 0 Å². The van der Waals surface area contributed by atoms with Crippen molar-refractivity contribution in [2.45, 2.75) is 52.4 Å². The van der Waals surface area contributed by atoms with Crippen molar-refractivity contribution in [2.24, 2.45) is 0 Å². The third-order valence-corrected chi connectivity index (χ3v) is 3.21. The van der Waals surface area contributed by atoms with Crippen LogP contribution in [0.15, 0.2) is 12.1 Å². The molecule has 0 heterocycles. The van der Waals surface area contributed by atoms with Crippen LogP contribution in [0.2, 0.25) is 0 Å². The molecule has 104 valence electrons. The van der Waals surface area contributed by atoms with Crippen LogP contribution in [0.1, 0.15) is 58.2 Å². The second-order valence-corrected chi connectivity index (χ2v) is 7.12. The molecule has 0 aliphatic rings. The number of benzene rings is 1. The van der Waals surface area contributed by atoms with Crippen molar-refractivity contribution in [3.05, 3.63) is 28.8 Å². The van der Waals surface area contributed by atoms with Crippen molar-refractivity contribution < 1.29 is 5.11 Å². The van der Waals surface area contributed by atoms with Gasteiger partial charge in [0.25, 0.3) is 0 Å². The van der Waals surface area contributed by atoms with E-state index >= 15 is 0 Å². The molecule has 0 aliphatic heterocycles. The predicted octanol–water partition coefficient (Wildman–Crippen LogP) is 4.58. The Hall–Kier alpha value is -1.13. The lowest BCUT2D eigenvalue weighted by atomic mass is 9.79. The molecule has 1 aromatic rings. The standard InChI is InChI=1S/C17H23ClO/c1-16(2,3)13-10-12(8-7-9-18)15(19)14(11-13)17(4,5)6/h10-11,19H,9H2,1-6H3. The van der Waals surface area contributed by atoms with Crippen LogP contribution in [0.4, 0.5) is 0 Å². The Kier molecular flexibility index (Phi) is 4.59. The molecule has 1 N–H and O–H groups in total. The molecule has 1 rings (SSSR count). The summed E-state index contributed by atoms with van der Waals surface area (Å²) >= 11 is 5.61. The Balaban J connectivity index is 3.57. The minimum Gasteiger partial charge on any atom is -0.506 e. The van der Waals surface area contributed by atoms with Crippen LogP contribution in [0.3, 0.4) is 0 Å². The summed E-state index contributed by atoms with van der Waals surface area (Å²) in [7, 11) is 0. The SMILES string of the molecule is CC(C)(C)c1cc(C#CCCl)c(O)c(C(C)(C)C)c1. The summed E-state index contributed by atoms with van der Waals surface area (Å²) in [5.41, 5.74) is 2.67. The second-order valence-electron chi connectivity index (χ2n) is 6.86. The zero-order chi connectivity index (χ0) is 14.8. The molecule has 0 saturated heterocycles. The van der Waals surface area contributed by atoms with E-state index in [0.717, 1.165) is 5.56 Å². The summed E-state index contributed by atoms with van der Waals surface area (Å²) < 4.78 is 0. The van der Waals surface area contributed by atoms with Crippen LogP contribution in [0, 0.1) is 11.8 Å². The first kappa shape index (κ1) is 15.9. The highest BCUT2D eigenvalue weighted by molar-refractivity contribution is 6.19. The van der Waals surface area contributed by atoms with Gasteiger partial charge in [0.15, 0.2) is 0 Å². The highest BCUT2D eigenvalue weighted by Crippen LogP contribution is 2.37. The monoisotopic (exact) mass is 278 g/mol. The molecule has 0 aliphatic carbocycles. The molecule has 0 radical (unpaired) electrons. The third kappa shape index (κ3) is 3.91. The van der Waals surface area contributed by atoms with Crippen LogP contribution in [-0.2, 0) is 10.8 Å². The molecular formula is C17H23ClO. The predicted molar refractivity (Wildman–Crippen MR) is 83.1 cm³/mol. The maximum atomic E-state index is 10.4. The van der Waals surface area contributed by atoms with Gasteiger partial charge in [0.05, 0.1) is 11.4 Å². The molecule has 0 saturated carbocycles. The van der Waals surface area contributed by atoms with Gasteiger partial charge in [0.2, 0.25) is 0 Å². The van der Waals surface area contributed by atoms with E-state index in [2.05, 4.69) is 59.4 Å². The number of alkyl halides is 1. The lowest BCUT2D eigenvalue weighted by Gasteiger charge is -2.26. The van der Waals surface area contributed by atoms with Crippen molar-refractivity contribution in [3.8, 4) is 17.6 Å². The first-order valence-electron chi connectivity index (χ1n) is 6.50. The summed E-state index contributed by atoms with van der Waals surface area (Å²) in [4.78, 5) is 0. The first-order valence-corrected chi connectivity index (χ1v) is 7.03. The number of phenols is 1. The van der Waals surface area contributed by atoms with Crippen molar-refractivity contribution in [3.63, 3.8) is 0 Å². The first-order chi connectivity index (χ1) is 8.57. The van der Waals surface area contributed by atoms with E-state index < -0.39 is 0 Å². The third-order valence-electron chi connectivity index (χ3n) is 3.07. The zero-order valence-electron chi connectivity index (χ0n) is 12.7. The highest BCUT2D eigenvalue weighted by Gasteiger charge is 2.24. The lowest BCUT2D eigenvalue weighted by Crippen LogP contribution is -2.17. The number of phenolic OH excluding ortho intramolecular Hbond substituents is 1. The van der Waals surface area contributed by atoms with Gasteiger partial charge in [-0.05, 0) is 22.5 Å². The molecule has 1 aromatic carbocycles. The van der Waals surface area contributed by atoms with Gasteiger partial charge < -0.3 is 5.11 Å². The van der Waals surface area contributed by atoms with Crippen molar-refractivity contribution in [1.82, 2.24) is 0 Å². The molecule has 0 fully saturated rings. The molecule has 0 atom stereocenters. The van der Waals surface area contributed by atoms with Crippen LogP contribution in [0.25, 0.3) is 0 Å². The number of hydrogen-bond donors (Lipinski definition) is 1. The van der Waals surface area contributed by atoms with E-state index in [0.29, 0.717) is 5.56 Å². The number of halogens is 1. The van der Waals surface area contributed by atoms with Gasteiger partial charge in [-0.1, -0.05) is 59.4 Å². The average molecular weight is 279 g/mol. The summed E-state index contributed by atoms with van der Waals surface area (Å²) in [6, 6.07) is 4.05. The topological polar surface area (TPSA) is 20.2 Å². The lowest BCUT2D eigenvalue weighted by molar-refractivity contribution is 0.443. The summed E-state index contributed by atoms with van der Waals surface area (Å²) in [6.45, 7) is 12.7. The second kappa shape index (κ2) is 5.47. The molecule has 0 bridgehead atoms. The Morgan fingerprint density at radius 3 is 2.05 bits per heavy atom. The molecule has 0 amide bonds. The Morgan fingerprint density at radius 2 is 1.63 bits per heavy atom. The molecular weight excluding hydrogens is 256 g/mol. The molecule has 0 unspecified atom stereocenters. The normalized spacial score (nSPS) is 11.9. The maximum absolute atomic E-state index is 10.4. The molecule has 1 nitrogen and oxygen atoms in total. The highest BCUT2D eigenvalue weighted by atomic mass is 35.5. The Morgan fingerprint density at radius 1 is 1.05 bits per heavy atom. The van der Waals surface area contributed by atoms with E-state index in [1.165, 1.54) is 5.56 Å². The van der Waals surface area contributed by atoms with Crippen molar-refractivity contribution in [1.29, 1.82) is 0 Å². The van der Waals surface area contributed by atoms with E-state index in [4.69, 9.17) is 11.6 Å². The van der Waals surface area contributed by atoms with Gasteiger partial charge in [-0.15, -0.1) is 11.6 Å². The largest absolute Gasteiger partial charge is 0.506 e. The van der Waals surface area contributed by atoms with Gasteiger partial charge in [0, 0.05) is 5.56 Å².